The van der Waals surface area contributed by atoms with Crippen LogP contribution in [0, 0.1) is 0 Å². The molecule has 108 valence electrons. The molecule has 0 aromatic carbocycles. The molecule has 0 saturated carbocycles. The molecule has 5 nitrogen and oxygen atoms in total. The highest BCUT2D eigenvalue weighted by Gasteiger charge is 2.42. The molecule has 0 bridgehead atoms. The van der Waals surface area contributed by atoms with Crippen LogP contribution >= 0.6 is 0 Å². The summed E-state index contributed by atoms with van der Waals surface area (Å²) in [7, 11) is 0. The van der Waals surface area contributed by atoms with Gasteiger partial charge in [0, 0.05) is 0 Å². The van der Waals surface area contributed by atoms with Crippen LogP contribution in [0.15, 0.2) is 11.0 Å². The monoisotopic (exact) mass is 291 g/mol. The highest BCUT2D eigenvalue weighted by molar-refractivity contribution is 5.50. The second-order valence-corrected chi connectivity index (χ2v) is 3.41. The number of hydrogen-bond acceptors (Lipinski definition) is 4. The molecule has 0 fully saturated rings. The van der Waals surface area contributed by atoms with Crippen LogP contribution in [-0.2, 0) is 6.18 Å². The molecule has 1 heterocycles. The van der Waals surface area contributed by atoms with Gasteiger partial charge in [-0.15, -0.1) is 0 Å². The Kier molecular flexibility index (Phi) is 4.08. The molecule has 0 saturated heterocycles. The van der Waals surface area contributed by atoms with Gasteiger partial charge in [0.2, 0.25) is 0 Å². The van der Waals surface area contributed by atoms with Crippen LogP contribution in [0.25, 0.3) is 0 Å². The van der Waals surface area contributed by atoms with Gasteiger partial charge in [-0.3, -0.25) is 4.79 Å². The maximum absolute atomic E-state index is 12.5. The number of nitrogens with one attached hydrogen (secondary N) is 2. The molecule has 0 unspecified atom stereocenters. The van der Waals surface area contributed by atoms with Crippen LogP contribution in [0.3, 0.4) is 0 Å². The standard InChI is InChI=1S/C8H7F6N3O2/c9-7(10,11)4(2-18)16-3-1-15-17-6(19)5(3)8(12,13)14/h1,4,18H,2H2,(H2,16,17,19)/t4-/m0/s1. The SMILES string of the molecule is O=c1[nH]ncc(N[C@@H](CO)C(F)(F)F)c1C(F)(F)F. The smallest absolute Gasteiger partial charge is 0.394 e. The summed E-state index contributed by atoms with van der Waals surface area (Å²) >= 11 is 0. The normalized spacial score (nSPS) is 14.3. The number of hydrogen-bond donors (Lipinski definition) is 3. The van der Waals surface area contributed by atoms with E-state index in [0.717, 1.165) is 0 Å². The predicted octanol–water partition coefficient (Wildman–Crippen LogP) is 1.12. The number of aliphatic hydroxyl groups excluding tert-OH is 1. The van der Waals surface area contributed by atoms with Gasteiger partial charge in [-0.2, -0.15) is 31.4 Å². The van der Waals surface area contributed by atoms with Crippen molar-refractivity contribution in [2.24, 2.45) is 0 Å². The topological polar surface area (TPSA) is 78.0 Å². The zero-order valence-corrected chi connectivity index (χ0v) is 8.93. The number of aliphatic hydroxyl groups is 1. The lowest BCUT2D eigenvalue weighted by atomic mass is 10.2. The summed E-state index contributed by atoms with van der Waals surface area (Å²) in [6.07, 6.45) is -9.76. The molecule has 1 aromatic rings. The van der Waals surface area contributed by atoms with Gasteiger partial charge in [0.05, 0.1) is 18.5 Å². The maximum atomic E-state index is 12.5. The minimum absolute atomic E-state index is 0.388. The zero-order valence-electron chi connectivity index (χ0n) is 8.93. The molecule has 0 radical (unpaired) electrons. The summed E-state index contributed by atoms with van der Waals surface area (Å²) in [5.41, 5.74) is -4.69. The van der Waals surface area contributed by atoms with Crippen LogP contribution in [0.5, 0.6) is 0 Å². The summed E-state index contributed by atoms with van der Waals surface area (Å²) in [4.78, 5) is 11.0. The van der Waals surface area contributed by atoms with Crippen molar-refractivity contribution in [1.82, 2.24) is 10.2 Å². The summed E-state index contributed by atoms with van der Waals surface area (Å²) in [5, 5.41) is 14.4. The van der Waals surface area contributed by atoms with Gasteiger partial charge in [0.1, 0.15) is 11.6 Å². The first-order valence-electron chi connectivity index (χ1n) is 4.66. The van der Waals surface area contributed by atoms with Crippen molar-refractivity contribution in [2.75, 3.05) is 11.9 Å². The third-order valence-corrected chi connectivity index (χ3v) is 2.05. The van der Waals surface area contributed by atoms with Gasteiger partial charge in [-0.05, 0) is 0 Å². The zero-order chi connectivity index (χ0) is 14.8. The van der Waals surface area contributed by atoms with Crippen molar-refractivity contribution < 1.29 is 31.4 Å². The van der Waals surface area contributed by atoms with Crippen molar-refractivity contribution in [1.29, 1.82) is 0 Å². The minimum Gasteiger partial charge on any atom is -0.394 e. The van der Waals surface area contributed by atoms with E-state index in [9.17, 15) is 31.1 Å². The fraction of sp³-hybridized carbons (Fsp3) is 0.500. The lowest BCUT2D eigenvalue weighted by molar-refractivity contribution is -0.151. The molecule has 19 heavy (non-hydrogen) atoms. The van der Waals surface area contributed by atoms with E-state index in [2.05, 4.69) is 5.10 Å². The molecule has 1 rings (SSSR count). The predicted molar refractivity (Wildman–Crippen MR) is 50.4 cm³/mol. The molecular weight excluding hydrogens is 284 g/mol. The molecule has 1 atom stereocenters. The van der Waals surface area contributed by atoms with Crippen molar-refractivity contribution in [2.45, 2.75) is 18.4 Å². The van der Waals surface area contributed by atoms with E-state index in [0.29, 0.717) is 6.20 Å². The van der Waals surface area contributed by atoms with Crippen molar-refractivity contribution in [3.63, 3.8) is 0 Å². The number of rotatable bonds is 3. The first-order chi connectivity index (χ1) is 8.57. The fourth-order valence-electron chi connectivity index (χ4n) is 1.21. The van der Waals surface area contributed by atoms with Gasteiger partial charge in [0.15, 0.2) is 0 Å². The second-order valence-electron chi connectivity index (χ2n) is 3.41. The van der Waals surface area contributed by atoms with E-state index in [-0.39, 0.29) is 0 Å². The number of H-pyrrole nitrogens is 1. The van der Waals surface area contributed by atoms with Crippen LogP contribution in [0.2, 0.25) is 0 Å². The van der Waals surface area contributed by atoms with Gasteiger partial charge >= 0.3 is 12.4 Å². The number of halogens is 6. The molecule has 11 heteroatoms. The Labute approximate surface area is 101 Å². The first kappa shape index (κ1) is 15.3. The van der Waals surface area contributed by atoms with Crippen molar-refractivity contribution >= 4 is 5.69 Å². The summed E-state index contributed by atoms with van der Waals surface area (Å²) in [6.45, 7) is -1.49. The van der Waals surface area contributed by atoms with E-state index >= 15 is 0 Å². The van der Waals surface area contributed by atoms with Crippen LogP contribution in [0.1, 0.15) is 5.56 Å². The van der Waals surface area contributed by atoms with Gasteiger partial charge in [-0.25, -0.2) is 5.10 Å². The second kappa shape index (κ2) is 5.07. The third-order valence-electron chi connectivity index (χ3n) is 2.05. The average molecular weight is 291 g/mol. The fourth-order valence-corrected chi connectivity index (χ4v) is 1.21. The molecule has 0 amide bonds. The van der Waals surface area contributed by atoms with Gasteiger partial charge < -0.3 is 10.4 Å². The molecule has 0 aliphatic rings. The number of aromatic amines is 1. The molecule has 3 N–H and O–H groups in total. The van der Waals surface area contributed by atoms with E-state index in [1.807, 2.05) is 0 Å². The highest BCUT2D eigenvalue weighted by Crippen LogP contribution is 2.33. The third kappa shape index (κ3) is 3.59. The van der Waals surface area contributed by atoms with E-state index in [1.165, 1.54) is 10.4 Å². The highest BCUT2D eigenvalue weighted by atomic mass is 19.4. The van der Waals surface area contributed by atoms with E-state index < -0.39 is 41.8 Å². The Morgan fingerprint density at radius 2 is 1.89 bits per heavy atom. The van der Waals surface area contributed by atoms with Gasteiger partial charge in [-0.1, -0.05) is 0 Å². The van der Waals surface area contributed by atoms with Crippen LogP contribution < -0.4 is 10.9 Å². The van der Waals surface area contributed by atoms with Gasteiger partial charge in [0.25, 0.3) is 5.56 Å². The van der Waals surface area contributed by atoms with E-state index in [1.54, 1.807) is 0 Å². The quantitative estimate of drug-likeness (QED) is 0.729. The number of alkyl halides is 6. The number of aromatic nitrogens is 2. The molecule has 0 spiro atoms. The Bertz CT molecular complexity index is 494. The Balaban J connectivity index is 3.22. The Morgan fingerprint density at radius 3 is 2.32 bits per heavy atom. The lowest BCUT2D eigenvalue weighted by Crippen LogP contribution is -2.40. The average Bonchev–Trinajstić information content (AvgIpc) is 2.22. The summed E-state index contributed by atoms with van der Waals surface area (Å²) in [6, 6.07) is -2.64. The number of nitrogens with zero attached hydrogens (tertiary/aromatic N) is 1. The van der Waals surface area contributed by atoms with Crippen LogP contribution in [-0.4, -0.2) is 34.1 Å². The summed E-state index contributed by atoms with van der Waals surface area (Å²) in [5.74, 6) is 0. The maximum Gasteiger partial charge on any atom is 0.423 e. The van der Waals surface area contributed by atoms with Crippen molar-refractivity contribution in [3.8, 4) is 0 Å². The molecule has 0 aliphatic carbocycles. The minimum atomic E-state index is -5.16. The largest absolute Gasteiger partial charge is 0.423 e. The lowest BCUT2D eigenvalue weighted by Gasteiger charge is -2.21. The summed E-state index contributed by atoms with van der Waals surface area (Å²) < 4.78 is 74.6. The Morgan fingerprint density at radius 1 is 1.32 bits per heavy atom. The number of anilines is 1. The van der Waals surface area contributed by atoms with Crippen molar-refractivity contribution in [3.05, 3.63) is 22.1 Å². The van der Waals surface area contributed by atoms with E-state index in [4.69, 9.17) is 5.11 Å². The molecular formula is C8H7F6N3O2. The first-order valence-corrected chi connectivity index (χ1v) is 4.66. The van der Waals surface area contributed by atoms with Crippen LogP contribution in [0.4, 0.5) is 32.0 Å². The molecule has 1 aromatic heterocycles. The Hall–Kier alpha value is -1.78. The molecule has 0 aliphatic heterocycles.